The van der Waals surface area contributed by atoms with Crippen LogP contribution in [0.4, 0.5) is 5.69 Å². The summed E-state index contributed by atoms with van der Waals surface area (Å²) >= 11 is 5.14. The Kier molecular flexibility index (Phi) is 5.42. The normalized spacial score (nSPS) is 13.9. The van der Waals surface area contributed by atoms with Crippen LogP contribution in [-0.4, -0.2) is 27.4 Å². The van der Waals surface area contributed by atoms with E-state index < -0.39 is 10.8 Å². The Labute approximate surface area is 104 Å². The van der Waals surface area contributed by atoms with Gasteiger partial charge in [0.1, 0.15) is 0 Å². The molecular formula is C11H16N2OS2. The van der Waals surface area contributed by atoms with Crippen molar-refractivity contribution in [1.29, 1.82) is 0 Å². The maximum Gasteiger partial charge on any atom is 0.171 e. The molecule has 0 bridgehead atoms. The van der Waals surface area contributed by atoms with Gasteiger partial charge in [-0.25, -0.2) is 0 Å². The number of hydrogen-bond acceptors (Lipinski definition) is 2. The van der Waals surface area contributed by atoms with Crippen LogP contribution in [0.2, 0.25) is 0 Å². The van der Waals surface area contributed by atoms with Gasteiger partial charge in [-0.15, -0.1) is 0 Å². The molecule has 0 aliphatic carbocycles. The van der Waals surface area contributed by atoms with Crippen molar-refractivity contribution >= 4 is 33.8 Å². The second-order valence-electron chi connectivity index (χ2n) is 3.61. The molecule has 0 amide bonds. The lowest BCUT2D eigenvalue weighted by Crippen LogP contribution is -2.38. The van der Waals surface area contributed by atoms with E-state index in [0.29, 0.717) is 10.9 Å². The number of nitrogens with one attached hydrogen (secondary N) is 2. The van der Waals surface area contributed by atoms with Gasteiger partial charge in [-0.2, -0.15) is 0 Å². The molecule has 5 heteroatoms. The van der Waals surface area contributed by atoms with Gasteiger partial charge in [-0.05, 0) is 31.3 Å². The van der Waals surface area contributed by atoms with E-state index in [4.69, 9.17) is 12.2 Å². The minimum Gasteiger partial charge on any atom is -0.359 e. The van der Waals surface area contributed by atoms with Crippen LogP contribution in [0, 0.1) is 0 Å². The second-order valence-corrected chi connectivity index (χ2v) is 5.49. The molecule has 0 aliphatic heterocycles. The Morgan fingerprint density at radius 1 is 1.44 bits per heavy atom. The van der Waals surface area contributed by atoms with Crippen molar-refractivity contribution in [2.75, 3.05) is 17.3 Å². The molecule has 0 spiro atoms. The predicted octanol–water partition coefficient (Wildman–Crippen LogP) is 1.74. The molecule has 0 radical (unpaired) electrons. The van der Waals surface area contributed by atoms with Gasteiger partial charge in [0.05, 0.1) is 0 Å². The predicted molar refractivity (Wildman–Crippen MR) is 74.2 cm³/mol. The Balaban J connectivity index is 2.39. The fourth-order valence-corrected chi connectivity index (χ4v) is 2.41. The summed E-state index contributed by atoms with van der Waals surface area (Å²) in [5.74, 6) is 0.594. The van der Waals surface area contributed by atoms with Crippen LogP contribution < -0.4 is 10.6 Å². The van der Waals surface area contributed by atoms with E-state index >= 15 is 0 Å². The van der Waals surface area contributed by atoms with E-state index in [0.717, 1.165) is 5.69 Å². The fraction of sp³-hybridized carbons (Fsp3) is 0.364. The lowest BCUT2D eigenvalue weighted by Gasteiger charge is -2.15. The van der Waals surface area contributed by atoms with Gasteiger partial charge in [0.15, 0.2) is 5.11 Å². The Hall–Kier alpha value is -0.940. The summed E-state index contributed by atoms with van der Waals surface area (Å²) in [6.45, 7) is 1.96. The zero-order valence-corrected chi connectivity index (χ0v) is 11.0. The number of rotatable bonds is 4. The summed E-state index contributed by atoms with van der Waals surface area (Å²) in [6.07, 6.45) is 1.69. The van der Waals surface area contributed by atoms with Gasteiger partial charge in [-0.1, -0.05) is 18.2 Å². The molecule has 0 aliphatic rings. The van der Waals surface area contributed by atoms with E-state index in [1.165, 1.54) is 0 Å². The summed E-state index contributed by atoms with van der Waals surface area (Å²) in [7, 11) is -0.808. The highest BCUT2D eigenvalue weighted by Crippen LogP contribution is 2.04. The molecule has 0 saturated carbocycles. The third-order valence-electron chi connectivity index (χ3n) is 1.89. The summed E-state index contributed by atoms with van der Waals surface area (Å²) in [6, 6.07) is 9.82. The van der Waals surface area contributed by atoms with E-state index in [2.05, 4.69) is 10.6 Å². The van der Waals surface area contributed by atoms with E-state index in [9.17, 15) is 4.21 Å². The van der Waals surface area contributed by atoms with Crippen molar-refractivity contribution in [3.63, 3.8) is 0 Å². The molecule has 2 unspecified atom stereocenters. The number of para-hydroxylation sites is 1. The molecule has 2 atom stereocenters. The van der Waals surface area contributed by atoms with Gasteiger partial charge in [0.2, 0.25) is 0 Å². The maximum absolute atomic E-state index is 11.0. The summed E-state index contributed by atoms with van der Waals surface area (Å²) < 4.78 is 11.0. The van der Waals surface area contributed by atoms with Crippen LogP contribution >= 0.6 is 12.2 Å². The zero-order chi connectivity index (χ0) is 12.0. The van der Waals surface area contributed by atoms with Crippen LogP contribution in [0.15, 0.2) is 30.3 Å². The Morgan fingerprint density at radius 2 is 2.06 bits per heavy atom. The van der Waals surface area contributed by atoms with Crippen molar-refractivity contribution in [3.8, 4) is 0 Å². The van der Waals surface area contributed by atoms with Gasteiger partial charge in [0, 0.05) is 34.5 Å². The number of anilines is 1. The first-order valence-corrected chi connectivity index (χ1v) is 7.14. The molecule has 1 aromatic carbocycles. The van der Waals surface area contributed by atoms with Crippen LogP contribution in [-0.2, 0) is 10.8 Å². The molecule has 0 aromatic heterocycles. The highest BCUT2D eigenvalue weighted by Gasteiger charge is 2.05. The quantitative estimate of drug-likeness (QED) is 0.805. The largest absolute Gasteiger partial charge is 0.359 e. The fourth-order valence-electron chi connectivity index (χ4n) is 1.31. The second kappa shape index (κ2) is 6.60. The maximum atomic E-state index is 11.0. The Morgan fingerprint density at radius 3 is 2.62 bits per heavy atom. The monoisotopic (exact) mass is 256 g/mol. The Bertz CT molecular complexity index is 368. The van der Waals surface area contributed by atoms with Gasteiger partial charge >= 0.3 is 0 Å². The minimum absolute atomic E-state index is 0.106. The molecule has 0 saturated heterocycles. The summed E-state index contributed by atoms with van der Waals surface area (Å²) in [5.41, 5.74) is 0.949. The molecule has 3 nitrogen and oxygen atoms in total. The van der Waals surface area contributed by atoms with Crippen molar-refractivity contribution in [3.05, 3.63) is 30.3 Å². The molecule has 1 aromatic rings. The van der Waals surface area contributed by atoms with Gasteiger partial charge < -0.3 is 10.6 Å². The molecule has 0 heterocycles. The van der Waals surface area contributed by atoms with Crippen LogP contribution in [0.5, 0.6) is 0 Å². The smallest absolute Gasteiger partial charge is 0.171 e. The molecule has 0 fully saturated rings. The molecule has 16 heavy (non-hydrogen) atoms. The van der Waals surface area contributed by atoms with Crippen molar-refractivity contribution in [2.24, 2.45) is 0 Å². The first kappa shape index (κ1) is 13.1. The van der Waals surface area contributed by atoms with Crippen molar-refractivity contribution in [1.82, 2.24) is 5.32 Å². The third kappa shape index (κ3) is 5.23. The number of benzene rings is 1. The SMILES string of the molecule is CC(CS(C)=O)NC(=S)Nc1ccccc1. The highest BCUT2D eigenvalue weighted by molar-refractivity contribution is 7.84. The van der Waals surface area contributed by atoms with Crippen molar-refractivity contribution in [2.45, 2.75) is 13.0 Å². The van der Waals surface area contributed by atoms with Crippen molar-refractivity contribution < 1.29 is 4.21 Å². The number of hydrogen-bond donors (Lipinski definition) is 2. The zero-order valence-electron chi connectivity index (χ0n) is 9.40. The van der Waals surface area contributed by atoms with E-state index in [1.807, 2.05) is 37.3 Å². The molecular weight excluding hydrogens is 240 g/mol. The lowest BCUT2D eigenvalue weighted by molar-refractivity contribution is 0.672. The molecule has 2 N–H and O–H groups in total. The first-order valence-electron chi connectivity index (χ1n) is 5.00. The standard InChI is InChI=1S/C11H16N2OS2/c1-9(8-16(2)14)12-11(15)13-10-6-4-3-5-7-10/h3-7,9H,8H2,1-2H3,(H2,12,13,15). The summed E-state index contributed by atoms with van der Waals surface area (Å²) in [5, 5.41) is 6.71. The van der Waals surface area contributed by atoms with Crippen LogP contribution in [0.25, 0.3) is 0 Å². The minimum atomic E-state index is -0.808. The number of thiocarbonyl (C=S) groups is 1. The van der Waals surface area contributed by atoms with E-state index in [-0.39, 0.29) is 6.04 Å². The molecule has 1 rings (SSSR count). The topological polar surface area (TPSA) is 41.1 Å². The third-order valence-corrected chi connectivity index (χ3v) is 3.08. The van der Waals surface area contributed by atoms with Crippen LogP contribution in [0.1, 0.15) is 6.92 Å². The van der Waals surface area contributed by atoms with Gasteiger partial charge in [0.25, 0.3) is 0 Å². The lowest BCUT2D eigenvalue weighted by atomic mass is 10.3. The van der Waals surface area contributed by atoms with Crippen LogP contribution in [0.3, 0.4) is 0 Å². The highest BCUT2D eigenvalue weighted by atomic mass is 32.2. The van der Waals surface area contributed by atoms with E-state index in [1.54, 1.807) is 6.26 Å². The summed E-state index contributed by atoms with van der Waals surface area (Å²) in [4.78, 5) is 0. The molecule has 88 valence electrons. The van der Waals surface area contributed by atoms with Gasteiger partial charge in [-0.3, -0.25) is 4.21 Å². The first-order chi connectivity index (χ1) is 7.58. The average Bonchev–Trinajstić information content (AvgIpc) is 2.17. The average molecular weight is 256 g/mol.